The molecule has 7 heteroatoms. The number of unbranched alkanes of at least 4 members (excludes halogenated alkanes) is 1. The number of carbonyl (C=O) groups excluding carboxylic acids is 1. The quantitative estimate of drug-likeness (QED) is 0.749. The average Bonchev–Trinajstić information content (AvgIpc) is 2.93. The third kappa shape index (κ3) is 3.85. The molecule has 0 saturated heterocycles. The molecule has 0 radical (unpaired) electrons. The molecule has 0 aliphatic rings. The van der Waals surface area contributed by atoms with E-state index in [0.29, 0.717) is 24.9 Å². The highest BCUT2D eigenvalue weighted by molar-refractivity contribution is 5.90. The van der Waals surface area contributed by atoms with Crippen LogP contribution in [0, 0.1) is 0 Å². The molecule has 0 atom stereocenters. The molecule has 1 aromatic carbocycles. The van der Waals surface area contributed by atoms with Crippen LogP contribution in [0.5, 0.6) is 0 Å². The van der Waals surface area contributed by atoms with Crippen LogP contribution in [0.15, 0.2) is 30.6 Å². The summed E-state index contributed by atoms with van der Waals surface area (Å²) < 4.78 is 1.52. The Morgan fingerprint density at radius 2 is 2.26 bits per heavy atom. The molecule has 1 aromatic heterocycles. The van der Waals surface area contributed by atoms with Crippen molar-refractivity contribution in [1.82, 2.24) is 20.2 Å². The lowest BCUT2D eigenvalue weighted by molar-refractivity contribution is -0.116. The standard InChI is InChI=1S/C12H15N5O2/c18-7-2-1-6-12(19)14-10-4-3-5-11(8-10)17-9-13-15-16-17/h3-5,8-9,18H,1-2,6-7H2,(H,14,19). The van der Waals surface area contributed by atoms with Gasteiger partial charge in [-0.05, 0) is 41.5 Å². The van der Waals surface area contributed by atoms with Crippen molar-refractivity contribution >= 4 is 11.6 Å². The Morgan fingerprint density at radius 1 is 1.37 bits per heavy atom. The minimum absolute atomic E-state index is 0.0673. The molecule has 7 nitrogen and oxygen atoms in total. The van der Waals surface area contributed by atoms with Crippen LogP contribution in [0.2, 0.25) is 0 Å². The molecular weight excluding hydrogens is 246 g/mol. The number of aromatic nitrogens is 4. The van der Waals surface area contributed by atoms with Crippen molar-refractivity contribution in [2.24, 2.45) is 0 Å². The number of aliphatic hydroxyl groups is 1. The number of hydrogen-bond acceptors (Lipinski definition) is 5. The van der Waals surface area contributed by atoms with E-state index in [-0.39, 0.29) is 12.5 Å². The molecule has 0 saturated carbocycles. The highest BCUT2D eigenvalue weighted by Gasteiger charge is 2.04. The van der Waals surface area contributed by atoms with E-state index in [4.69, 9.17) is 5.11 Å². The SMILES string of the molecule is O=C(CCCCO)Nc1cccc(-n2cnnn2)c1. The highest BCUT2D eigenvalue weighted by Crippen LogP contribution is 2.13. The number of nitrogens with one attached hydrogen (secondary N) is 1. The first kappa shape index (κ1) is 13.2. The number of amides is 1. The van der Waals surface area contributed by atoms with Gasteiger partial charge in [0.2, 0.25) is 5.91 Å². The van der Waals surface area contributed by atoms with Crippen LogP contribution in [0.4, 0.5) is 5.69 Å². The smallest absolute Gasteiger partial charge is 0.224 e. The van der Waals surface area contributed by atoms with E-state index < -0.39 is 0 Å². The zero-order valence-electron chi connectivity index (χ0n) is 10.4. The fourth-order valence-corrected chi connectivity index (χ4v) is 1.63. The number of benzene rings is 1. The van der Waals surface area contributed by atoms with Gasteiger partial charge in [-0.15, -0.1) is 5.10 Å². The Bertz CT molecular complexity index is 527. The first-order chi connectivity index (χ1) is 9.29. The number of hydrogen-bond donors (Lipinski definition) is 2. The van der Waals surface area contributed by atoms with E-state index in [1.165, 1.54) is 11.0 Å². The Balaban J connectivity index is 1.97. The zero-order chi connectivity index (χ0) is 13.5. The summed E-state index contributed by atoms with van der Waals surface area (Å²) in [5.74, 6) is -0.0673. The molecule has 0 aliphatic heterocycles. The summed E-state index contributed by atoms with van der Waals surface area (Å²) in [6.07, 6.45) is 3.20. The van der Waals surface area contributed by atoms with Crippen LogP contribution in [0.1, 0.15) is 19.3 Å². The molecule has 0 aliphatic carbocycles. The molecule has 19 heavy (non-hydrogen) atoms. The number of carbonyl (C=O) groups is 1. The van der Waals surface area contributed by atoms with Crippen molar-refractivity contribution in [2.75, 3.05) is 11.9 Å². The van der Waals surface area contributed by atoms with Gasteiger partial charge >= 0.3 is 0 Å². The maximum absolute atomic E-state index is 11.6. The largest absolute Gasteiger partial charge is 0.396 e. The summed E-state index contributed by atoms with van der Waals surface area (Å²) in [6.45, 7) is 0.113. The van der Waals surface area contributed by atoms with E-state index in [1.54, 1.807) is 12.1 Å². The lowest BCUT2D eigenvalue weighted by Crippen LogP contribution is -2.11. The number of nitrogens with zero attached hydrogens (tertiary/aromatic N) is 4. The Kier molecular flexibility index (Phi) is 4.57. The van der Waals surface area contributed by atoms with Gasteiger partial charge in [-0.2, -0.15) is 0 Å². The lowest BCUT2D eigenvalue weighted by Gasteiger charge is -2.06. The predicted octanol–water partition coefficient (Wildman–Crippen LogP) is 0.763. The van der Waals surface area contributed by atoms with Gasteiger partial charge in [0.1, 0.15) is 6.33 Å². The molecule has 0 unspecified atom stereocenters. The van der Waals surface area contributed by atoms with E-state index in [1.807, 2.05) is 12.1 Å². The van der Waals surface area contributed by atoms with Crippen molar-refractivity contribution in [1.29, 1.82) is 0 Å². The first-order valence-corrected chi connectivity index (χ1v) is 6.04. The van der Waals surface area contributed by atoms with Crippen LogP contribution in [0.3, 0.4) is 0 Å². The molecule has 2 rings (SSSR count). The molecule has 2 N–H and O–H groups in total. The second-order valence-corrected chi connectivity index (χ2v) is 4.03. The summed E-state index contributed by atoms with van der Waals surface area (Å²) >= 11 is 0. The third-order valence-corrected chi connectivity index (χ3v) is 2.56. The summed E-state index contributed by atoms with van der Waals surface area (Å²) in [5, 5.41) is 22.4. The molecule has 2 aromatic rings. The number of rotatable bonds is 6. The first-order valence-electron chi connectivity index (χ1n) is 6.04. The predicted molar refractivity (Wildman–Crippen MR) is 68.7 cm³/mol. The van der Waals surface area contributed by atoms with Gasteiger partial charge in [0.25, 0.3) is 0 Å². The van der Waals surface area contributed by atoms with Crippen LogP contribution < -0.4 is 5.32 Å². The number of anilines is 1. The minimum atomic E-state index is -0.0673. The fraction of sp³-hybridized carbons (Fsp3) is 0.333. The Labute approximate surface area is 110 Å². The van der Waals surface area contributed by atoms with Crippen LogP contribution in [-0.4, -0.2) is 37.8 Å². The van der Waals surface area contributed by atoms with Gasteiger partial charge in [-0.25, -0.2) is 4.68 Å². The van der Waals surface area contributed by atoms with Gasteiger partial charge in [0.15, 0.2) is 0 Å². The topological polar surface area (TPSA) is 92.9 Å². The van der Waals surface area contributed by atoms with Crippen molar-refractivity contribution in [2.45, 2.75) is 19.3 Å². The summed E-state index contributed by atoms with van der Waals surface area (Å²) in [5.41, 5.74) is 1.47. The summed E-state index contributed by atoms with van der Waals surface area (Å²) in [4.78, 5) is 11.6. The van der Waals surface area contributed by atoms with Crippen LogP contribution >= 0.6 is 0 Å². The highest BCUT2D eigenvalue weighted by atomic mass is 16.3. The molecule has 0 spiro atoms. The van der Waals surface area contributed by atoms with Gasteiger partial charge < -0.3 is 10.4 Å². The molecule has 100 valence electrons. The lowest BCUT2D eigenvalue weighted by atomic mass is 10.2. The third-order valence-electron chi connectivity index (χ3n) is 2.56. The monoisotopic (exact) mass is 261 g/mol. The van der Waals surface area contributed by atoms with Gasteiger partial charge in [-0.1, -0.05) is 6.07 Å². The van der Waals surface area contributed by atoms with Gasteiger partial charge in [0.05, 0.1) is 5.69 Å². The average molecular weight is 261 g/mol. The van der Waals surface area contributed by atoms with Gasteiger partial charge in [0, 0.05) is 18.7 Å². The normalized spacial score (nSPS) is 10.4. The zero-order valence-corrected chi connectivity index (χ0v) is 10.4. The molecular formula is C12H15N5O2. The maximum atomic E-state index is 11.6. The van der Waals surface area contributed by atoms with Crippen LogP contribution in [-0.2, 0) is 4.79 Å². The van der Waals surface area contributed by atoms with E-state index in [9.17, 15) is 4.79 Å². The number of aliphatic hydroxyl groups excluding tert-OH is 1. The van der Waals surface area contributed by atoms with E-state index in [0.717, 1.165) is 5.69 Å². The van der Waals surface area contributed by atoms with E-state index in [2.05, 4.69) is 20.8 Å². The minimum Gasteiger partial charge on any atom is -0.396 e. The molecule has 1 amide bonds. The molecule has 1 heterocycles. The molecule has 0 fully saturated rings. The van der Waals surface area contributed by atoms with Crippen molar-refractivity contribution in [3.8, 4) is 5.69 Å². The summed E-state index contributed by atoms with van der Waals surface area (Å²) in [7, 11) is 0. The van der Waals surface area contributed by atoms with E-state index >= 15 is 0 Å². The second-order valence-electron chi connectivity index (χ2n) is 4.03. The summed E-state index contributed by atoms with van der Waals surface area (Å²) in [6, 6.07) is 7.26. The second kappa shape index (κ2) is 6.60. The Morgan fingerprint density at radius 3 is 3.00 bits per heavy atom. The van der Waals surface area contributed by atoms with Gasteiger partial charge in [-0.3, -0.25) is 4.79 Å². The van der Waals surface area contributed by atoms with Crippen molar-refractivity contribution < 1.29 is 9.90 Å². The van der Waals surface area contributed by atoms with Crippen molar-refractivity contribution in [3.63, 3.8) is 0 Å². The maximum Gasteiger partial charge on any atom is 0.224 e. The Hall–Kier alpha value is -2.28. The van der Waals surface area contributed by atoms with Crippen molar-refractivity contribution in [3.05, 3.63) is 30.6 Å². The number of tetrazole rings is 1. The fourth-order valence-electron chi connectivity index (χ4n) is 1.63. The molecule has 0 bridgehead atoms. The van der Waals surface area contributed by atoms with Crippen LogP contribution in [0.25, 0.3) is 5.69 Å².